The summed E-state index contributed by atoms with van der Waals surface area (Å²) >= 11 is 6.29. The van der Waals surface area contributed by atoms with Gasteiger partial charge in [-0.3, -0.25) is 9.69 Å². The van der Waals surface area contributed by atoms with Gasteiger partial charge in [-0.25, -0.2) is 4.39 Å². The Balaban J connectivity index is 1.95. The first-order valence-corrected chi connectivity index (χ1v) is 8.03. The van der Waals surface area contributed by atoms with Crippen molar-refractivity contribution in [3.05, 3.63) is 70.4 Å². The molecule has 4 nitrogen and oxygen atoms in total. The number of carboxylic acids is 1. The fraction of sp³-hybridized carbons (Fsp3) is 0. The first kappa shape index (κ1) is 16.4. The fourth-order valence-corrected chi connectivity index (χ4v) is 3.51. The van der Waals surface area contributed by atoms with Crippen molar-refractivity contribution in [3.63, 3.8) is 0 Å². The number of thioether (sulfide) groups is 1. The Kier molecular flexibility index (Phi) is 4.46. The van der Waals surface area contributed by atoms with Crippen LogP contribution in [0.2, 0.25) is 0 Å². The molecule has 0 radical (unpaired) electrons. The van der Waals surface area contributed by atoms with Gasteiger partial charge in [0.25, 0.3) is 5.91 Å². The number of anilines is 1. The highest BCUT2D eigenvalue weighted by Gasteiger charge is 2.33. The second-order valence-electron chi connectivity index (χ2n) is 4.91. The molecule has 0 saturated carbocycles. The van der Waals surface area contributed by atoms with E-state index in [1.165, 1.54) is 35.2 Å². The first-order chi connectivity index (χ1) is 11.5. The number of halogens is 1. The molecule has 1 saturated heterocycles. The number of hydrogen-bond donors (Lipinski definition) is 0. The van der Waals surface area contributed by atoms with Crippen LogP contribution in [-0.2, 0) is 4.79 Å². The van der Waals surface area contributed by atoms with Gasteiger partial charge in [0, 0.05) is 0 Å². The van der Waals surface area contributed by atoms with Crippen molar-refractivity contribution >= 4 is 51.9 Å². The zero-order chi connectivity index (χ0) is 17.3. The highest BCUT2D eigenvalue weighted by molar-refractivity contribution is 8.27. The quantitative estimate of drug-likeness (QED) is 0.623. The molecule has 24 heavy (non-hydrogen) atoms. The van der Waals surface area contributed by atoms with E-state index in [0.717, 1.165) is 11.8 Å². The predicted molar refractivity (Wildman–Crippen MR) is 92.8 cm³/mol. The Morgan fingerprint density at radius 3 is 2.67 bits per heavy atom. The minimum absolute atomic E-state index is 0.0457. The molecule has 7 heteroatoms. The van der Waals surface area contributed by atoms with Crippen LogP contribution in [0.5, 0.6) is 0 Å². The third-order valence-electron chi connectivity index (χ3n) is 3.28. The molecule has 0 unspecified atom stereocenters. The molecular formula is C17H9FNO3S2-. The number of carbonyl (C=O) groups excluding carboxylic acids is 2. The molecule has 0 aliphatic carbocycles. The number of carbonyl (C=O) groups is 2. The van der Waals surface area contributed by atoms with Crippen molar-refractivity contribution in [2.45, 2.75) is 0 Å². The van der Waals surface area contributed by atoms with Crippen LogP contribution in [0.15, 0.2) is 53.4 Å². The molecule has 2 aromatic carbocycles. The molecule has 1 heterocycles. The van der Waals surface area contributed by atoms with Crippen LogP contribution < -0.4 is 10.0 Å². The van der Waals surface area contributed by atoms with Crippen LogP contribution in [0.25, 0.3) is 6.08 Å². The standard InChI is InChI=1S/C17H10FNO3S2/c18-12-5-1-3-10(7-12)8-14-15(20)19(17(23)24-14)13-6-2-4-11(9-13)16(21)22/h1-9H,(H,21,22)/p-1. The number of hydrogen-bond acceptors (Lipinski definition) is 5. The zero-order valence-corrected chi connectivity index (χ0v) is 13.7. The number of nitrogens with zero attached hydrogens (tertiary/aromatic N) is 1. The largest absolute Gasteiger partial charge is 0.545 e. The fourth-order valence-electron chi connectivity index (χ4n) is 2.21. The van der Waals surface area contributed by atoms with E-state index in [1.54, 1.807) is 24.3 Å². The average Bonchev–Trinajstić information content (AvgIpc) is 2.81. The summed E-state index contributed by atoms with van der Waals surface area (Å²) in [6.07, 6.45) is 1.55. The molecule has 2 aromatic rings. The molecule has 1 fully saturated rings. The van der Waals surface area contributed by atoms with Crippen molar-refractivity contribution in [2.75, 3.05) is 4.90 Å². The lowest BCUT2D eigenvalue weighted by Gasteiger charge is -2.15. The van der Waals surface area contributed by atoms with Crippen molar-refractivity contribution in [1.29, 1.82) is 0 Å². The van der Waals surface area contributed by atoms with Crippen LogP contribution in [0.3, 0.4) is 0 Å². The molecule has 3 rings (SSSR count). The smallest absolute Gasteiger partial charge is 0.270 e. The van der Waals surface area contributed by atoms with Gasteiger partial charge in [-0.15, -0.1) is 0 Å². The van der Waals surface area contributed by atoms with E-state index in [4.69, 9.17) is 12.2 Å². The van der Waals surface area contributed by atoms with E-state index < -0.39 is 11.8 Å². The zero-order valence-electron chi connectivity index (χ0n) is 12.1. The summed E-state index contributed by atoms with van der Waals surface area (Å²) in [6, 6.07) is 11.6. The molecule has 120 valence electrons. The number of amides is 1. The number of aromatic carboxylic acids is 1. The Morgan fingerprint density at radius 2 is 1.96 bits per heavy atom. The normalized spacial score (nSPS) is 16.0. The number of thiocarbonyl (C=S) groups is 1. The lowest BCUT2D eigenvalue weighted by Crippen LogP contribution is -2.28. The van der Waals surface area contributed by atoms with Crippen molar-refractivity contribution in [1.82, 2.24) is 0 Å². The lowest BCUT2D eigenvalue weighted by molar-refractivity contribution is -0.255. The van der Waals surface area contributed by atoms with E-state index in [9.17, 15) is 19.1 Å². The minimum atomic E-state index is -1.34. The Hall–Kier alpha value is -2.51. The summed E-state index contributed by atoms with van der Waals surface area (Å²) in [6.45, 7) is 0. The van der Waals surface area contributed by atoms with Gasteiger partial charge in [0.1, 0.15) is 5.82 Å². The number of rotatable bonds is 3. The molecule has 0 aromatic heterocycles. The second kappa shape index (κ2) is 6.54. The first-order valence-electron chi connectivity index (χ1n) is 6.80. The van der Waals surface area contributed by atoms with Crippen LogP contribution >= 0.6 is 24.0 Å². The highest BCUT2D eigenvalue weighted by Crippen LogP contribution is 2.36. The monoisotopic (exact) mass is 358 g/mol. The van der Waals surface area contributed by atoms with E-state index in [-0.39, 0.29) is 15.8 Å². The second-order valence-corrected chi connectivity index (χ2v) is 6.59. The maximum Gasteiger partial charge on any atom is 0.270 e. The summed E-state index contributed by atoms with van der Waals surface area (Å²) in [5, 5.41) is 11.0. The molecule has 0 spiro atoms. The van der Waals surface area contributed by atoms with E-state index in [0.29, 0.717) is 16.2 Å². The van der Waals surface area contributed by atoms with Crippen LogP contribution in [-0.4, -0.2) is 16.2 Å². The van der Waals surface area contributed by atoms with E-state index in [2.05, 4.69) is 0 Å². The summed E-state index contributed by atoms with van der Waals surface area (Å²) < 4.78 is 13.5. The highest BCUT2D eigenvalue weighted by atomic mass is 32.2. The lowest BCUT2D eigenvalue weighted by atomic mass is 10.2. The number of carboxylic acid groups (broad SMARTS) is 1. The average molecular weight is 358 g/mol. The van der Waals surface area contributed by atoms with Crippen LogP contribution in [0, 0.1) is 5.82 Å². The van der Waals surface area contributed by atoms with Crippen molar-refractivity contribution < 1.29 is 19.1 Å². The SMILES string of the molecule is O=C([O-])c1cccc(N2C(=O)C(=Cc3cccc(F)c3)SC2=S)c1. The van der Waals surface area contributed by atoms with E-state index >= 15 is 0 Å². The predicted octanol–water partition coefficient (Wildman–Crippen LogP) is 2.60. The molecule has 0 bridgehead atoms. The Bertz CT molecular complexity index is 895. The van der Waals surface area contributed by atoms with Gasteiger partial charge in [-0.2, -0.15) is 0 Å². The van der Waals surface area contributed by atoms with Gasteiger partial charge in [-0.1, -0.05) is 48.2 Å². The molecule has 0 N–H and O–H groups in total. The molecule has 0 atom stereocenters. The van der Waals surface area contributed by atoms with Crippen LogP contribution in [0.1, 0.15) is 15.9 Å². The van der Waals surface area contributed by atoms with Gasteiger partial charge in [0.15, 0.2) is 4.32 Å². The van der Waals surface area contributed by atoms with Gasteiger partial charge < -0.3 is 9.90 Å². The Morgan fingerprint density at radius 1 is 1.21 bits per heavy atom. The summed E-state index contributed by atoms with van der Waals surface area (Å²) in [5.41, 5.74) is 0.844. The van der Waals surface area contributed by atoms with Gasteiger partial charge in [0.2, 0.25) is 0 Å². The maximum atomic E-state index is 13.3. The summed E-state index contributed by atoms with van der Waals surface area (Å²) in [5.74, 6) is -2.12. The van der Waals surface area contributed by atoms with Gasteiger partial charge in [-0.05, 0) is 41.5 Å². The third kappa shape index (κ3) is 3.22. The van der Waals surface area contributed by atoms with Gasteiger partial charge in [0.05, 0.1) is 16.6 Å². The van der Waals surface area contributed by atoms with Crippen molar-refractivity contribution in [3.8, 4) is 0 Å². The molecule has 1 aliphatic heterocycles. The minimum Gasteiger partial charge on any atom is -0.545 e. The third-order valence-corrected chi connectivity index (χ3v) is 4.58. The van der Waals surface area contributed by atoms with Crippen LogP contribution in [0.4, 0.5) is 10.1 Å². The molecule has 1 amide bonds. The maximum absolute atomic E-state index is 13.3. The number of benzene rings is 2. The van der Waals surface area contributed by atoms with Crippen molar-refractivity contribution in [2.24, 2.45) is 0 Å². The topological polar surface area (TPSA) is 60.4 Å². The summed E-state index contributed by atoms with van der Waals surface area (Å²) in [7, 11) is 0. The molecule has 1 aliphatic rings. The van der Waals surface area contributed by atoms with E-state index in [1.807, 2.05) is 0 Å². The van der Waals surface area contributed by atoms with Gasteiger partial charge >= 0.3 is 0 Å². The Labute approximate surface area is 146 Å². The molecular weight excluding hydrogens is 349 g/mol. The summed E-state index contributed by atoms with van der Waals surface area (Å²) in [4.78, 5) is 25.1.